The molecule has 0 aliphatic heterocycles. The van der Waals surface area contributed by atoms with Crippen LogP contribution < -0.4 is 59.3 Å². The Balaban J connectivity index is 1.95. The number of carbonyl (C=O) groups is 12. The van der Waals surface area contributed by atoms with E-state index in [1.165, 1.54) is 50.6 Å². The minimum Gasteiger partial charge on any atom is -0.508 e. The van der Waals surface area contributed by atoms with Gasteiger partial charge in [-0.2, -0.15) is 0 Å². The molecule has 478 valence electrons. The molecule has 10 amide bonds. The standard InChI is InChI=1S/C57H83N13O17/c1-7-31(6)47(70-53(82)40(64-48(77)36(58)26-71)23-33-13-15-35(73)16-14-33)56(85)67-42(24-34-25-60-28-61-34)51(80)62-37(17-19-44(59)74)49(78)65-39(21-29(2)3)50(79)66-41(22-32-11-9-8-10-12-32)52(81)69-46(30(4)5)55(84)68-43(27-72)54(83)63-38(57(86)87)18-20-45(75)76/h8-16,25,28-31,36-43,46-47,71-73H,7,17-24,26-27,58H2,1-6H3,(H2,59,74)(H,60,61)(H,62,80)(H,63,83)(H,64,77)(H,65,78)(H,66,79)(H,67,85)(H,68,84)(H,69,81)(H,70,82)(H,75,76)(H,86,87)/t31-,36-,37-,38-,39-,40-,41-,42-,43-,46-,47-/m0/s1. The number of hydrogen-bond acceptors (Lipinski definition) is 17. The van der Waals surface area contributed by atoms with Crippen molar-refractivity contribution in [3.8, 4) is 5.75 Å². The third kappa shape index (κ3) is 24.8. The Kier molecular flexibility index (Phi) is 29.9. The molecule has 30 heteroatoms. The molecule has 0 saturated carbocycles. The van der Waals surface area contributed by atoms with E-state index >= 15 is 0 Å². The minimum absolute atomic E-state index is 0.0661. The Hall–Kier alpha value is -9.03. The van der Waals surface area contributed by atoms with Crippen molar-refractivity contribution in [1.29, 1.82) is 0 Å². The van der Waals surface area contributed by atoms with E-state index in [4.69, 9.17) is 16.6 Å². The first-order chi connectivity index (χ1) is 41.1. The average molecular weight is 1220 g/mol. The largest absolute Gasteiger partial charge is 0.508 e. The number of amides is 10. The van der Waals surface area contributed by atoms with Gasteiger partial charge in [0, 0.05) is 44.0 Å². The molecule has 0 aliphatic carbocycles. The highest BCUT2D eigenvalue weighted by molar-refractivity contribution is 5.99. The Labute approximate surface area is 502 Å². The number of phenolic OH excluding ortho intramolecular Hbond substituents is 1. The summed E-state index contributed by atoms with van der Waals surface area (Å²) in [7, 11) is 0. The second-order valence-corrected chi connectivity index (χ2v) is 21.7. The van der Waals surface area contributed by atoms with Crippen LogP contribution in [-0.4, -0.2) is 180 Å². The van der Waals surface area contributed by atoms with Crippen molar-refractivity contribution >= 4 is 71.0 Å². The van der Waals surface area contributed by atoms with Gasteiger partial charge in [-0.1, -0.05) is 90.4 Å². The molecule has 0 unspecified atom stereocenters. The van der Waals surface area contributed by atoms with Crippen LogP contribution in [0.4, 0.5) is 0 Å². The monoisotopic (exact) mass is 1220 g/mol. The number of carbonyl (C=O) groups excluding carboxylic acids is 10. The van der Waals surface area contributed by atoms with Gasteiger partial charge in [0.15, 0.2) is 0 Å². The summed E-state index contributed by atoms with van der Waals surface area (Å²) in [5, 5.41) is 70.6. The fourth-order valence-electron chi connectivity index (χ4n) is 8.66. The number of carboxylic acid groups (broad SMARTS) is 2. The summed E-state index contributed by atoms with van der Waals surface area (Å²) in [5.41, 5.74) is 12.6. The Bertz CT molecular complexity index is 2800. The maximum atomic E-state index is 14.5. The van der Waals surface area contributed by atoms with E-state index in [-0.39, 0.29) is 37.4 Å². The topological polar surface area (TPSA) is 495 Å². The minimum atomic E-state index is -1.76. The van der Waals surface area contributed by atoms with Crippen LogP contribution in [0.3, 0.4) is 0 Å². The lowest BCUT2D eigenvalue weighted by Crippen LogP contribution is -2.62. The van der Waals surface area contributed by atoms with E-state index in [2.05, 4.69) is 57.8 Å². The Morgan fingerprint density at radius 2 is 0.989 bits per heavy atom. The van der Waals surface area contributed by atoms with Crippen molar-refractivity contribution < 1.29 is 83.1 Å². The molecule has 1 aromatic heterocycles. The number of hydrogen-bond donors (Lipinski definition) is 17. The van der Waals surface area contributed by atoms with E-state index < -0.39 is 182 Å². The third-order valence-corrected chi connectivity index (χ3v) is 13.8. The van der Waals surface area contributed by atoms with E-state index in [1.54, 1.807) is 58.0 Å². The zero-order chi connectivity index (χ0) is 65.1. The summed E-state index contributed by atoms with van der Waals surface area (Å²) < 4.78 is 0. The van der Waals surface area contributed by atoms with Gasteiger partial charge in [-0.25, -0.2) is 9.78 Å². The maximum Gasteiger partial charge on any atom is 0.326 e. The molecule has 0 radical (unpaired) electrons. The van der Waals surface area contributed by atoms with Gasteiger partial charge in [0.2, 0.25) is 59.1 Å². The number of rotatable bonds is 38. The molecule has 3 rings (SSSR count). The number of aromatic nitrogens is 2. The van der Waals surface area contributed by atoms with Gasteiger partial charge in [0.05, 0.1) is 19.5 Å². The number of aliphatic carboxylic acids is 2. The number of nitrogens with two attached hydrogens (primary N) is 2. The highest BCUT2D eigenvalue weighted by Gasteiger charge is 2.38. The second kappa shape index (κ2) is 36.1. The van der Waals surface area contributed by atoms with Crippen LogP contribution in [0.5, 0.6) is 5.75 Å². The van der Waals surface area contributed by atoms with Crippen LogP contribution in [-0.2, 0) is 76.8 Å². The molecule has 87 heavy (non-hydrogen) atoms. The maximum absolute atomic E-state index is 14.5. The predicted molar refractivity (Wildman–Crippen MR) is 310 cm³/mol. The van der Waals surface area contributed by atoms with Crippen molar-refractivity contribution in [2.45, 2.75) is 160 Å². The molecule has 19 N–H and O–H groups in total. The lowest BCUT2D eigenvalue weighted by atomic mass is 9.96. The molecule has 11 atom stereocenters. The number of phenols is 1. The zero-order valence-corrected chi connectivity index (χ0v) is 49.4. The van der Waals surface area contributed by atoms with Gasteiger partial charge < -0.3 is 89.8 Å². The van der Waals surface area contributed by atoms with Gasteiger partial charge in [0.1, 0.15) is 66.2 Å². The zero-order valence-electron chi connectivity index (χ0n) is 49.4. The highest BCUT2D eigenvalue weighted by atomic mass is 16.4. The van der Waals surface area contributed by atoms with Crippen LogP contribution >= 0.6 is 0 Å². The molecular formula is C57H83N13O17. The molecule has 0 saturated heterocycles. The lowest BCUT2D eigenvalue weighted by molar-refractivity contribution is -0.144. The molecule has 30 nitrogen and oxygen atoms in total. The van der Waals surface area contributed by atoms with Gasteiger partial charge in [-0.15, -0.1) is 0 Å². The molecule has 0 bridgehead atoms. The van der Waals surface area contributed by atoms with Crippen molar-refractivity contribution in [3.63, 3.8) is 0 Å². The van der Waals surface area contributed by atoms with Crippen LogP contribution in [0, 0.1) is 17.8 Å². The summed E-state index contributed by atoms with van der Waals surface area (Å²) in [6.45, 7) is 8.13. The molecule has 1 heterocycles. The number of nitrogens with zero attached hydrogens (tertiary/aromatic N) is 1. The fourth-order valence-corrected chi connectivity index (χ4v) is 8.66. The first kappa shape index (κ1) is 72.2. The summed E-state index contributed by atoms with van der Waals surface area (Å²) in [6.07, 6.45) is 0.294. The molecule has 2 aromatic carbocycles. The second-order valence-electron chi connectivity index (χ2n) is 21.7. The van der Waals surface area contributed by atoms with Crippen molar-refractivity contribution in [3.05, 3.63) is 83.9 Å². The van der Waals surface area contributed by atoms with Gasteiger partial charge in [0.25, 0.3) is 0 Å². The summed E-state index contributed by atoms with van der Waals surface area (Å²) in [4.78, 5) is 168. The first-order valence-electron chi connectivity index (χ1n) is 28.3. The van der Waals surface area contributed by atoms with Gasteiger partial charge >= 0.3 is 11.9 Å². The highest BCUT2D eigenvalue weighted by Crippen LogP contribution is 2.16. The molecule has 0 spiro atoms. The normalized spacial score (nSPS) is 15.0. The number of aromatic amines is 1. The van der Waals surface area contributed by atoms with Gasteiger partial charge in [-0.3, -0.25) is 52.7 Å². The number of nitrogens with one attached hydrogen (secondary N) is 10. The van der Waals surface area contributed by atoms with Crippen molar-refractivity contribution in [2.75, 3.05) is 13.2 Å². The van der Waals surface area contributed by atoms with E-state index in [9.17, 15) is 78.0 Å². The molecular weight excluding hydrogens is 1140 g/mol. The number of carboxylic acids is 2. The van der Waals surface area contributed by atoms with Crippen molar-refractivity contribution in [1.82, 2.24) is 57.8 Å². The number of aliphatic hydroxyl groups excluding tert-OH is 2. The first-order valence-corrected chi connectivity index (χ1v) is 28.3. The number of aliphatic hydroxyl groups is 2. The number of H-pyrrole nitrogens is 1. The van der Waals surface area contributed by atoms with Crippen LogP contribution in [0.25, 0.3) is 0 Å². The molecule has 0 fully saturated rings. The molecule has 0 aliphatic rings. The third-order valence-electron chi connectivity index (χ3n) is 13.8. The number of benzene rings is 2. The van der Waals surface area contributed by atoms with Crippen LogP contribution in [0.15, 0.2) is 67.1 Å². The van der Waals surface area contributed by atoms with E-state index in [0.717, 1.165) is 0 Å². The molecule has 3 aromatic rings. The Morgan fingerprint density at radius 1 is 0.529 bits per heavy atom. The van der Waals surface area contributed by atoms with E-state index in [0.29, 0.717) is 23.2 Å². The number of primary amides is 1. The van der Waals surface area contributed by atoms with Gasteiger partial charge in [-0.05, 0) is 60.3 Å². The quantitative estimate of drug-likeness (QED) is 0.0268. The predicted octanol–water partition coefficient (Wildman–Crippen LogP) is -3.22. The number of imidazole rings is 1. The average Bonchev–Trinajstić information content (AvgIpc) is 3.46. The summed E-state index contributed by atoms with van der Waals surface area (Å²) in [6, 6.07) is -1.02. The van der Waals surface area contributed by atoms with Crippen molar-refractivity contribution in [2.24, 2.45) is 29.2 Å². The fraction of sp³-hybridized carbons (Fsp3) is 0.526. The SMILES string of the molecule is CC[C@H](C)[C@H](NC(=O)[C@H](Cc1ccc(O)cc1)NC(=O)[C@@H](N)CO)C(=O)N[C@@H](Cc1cnc[nH]1)C(=O)N[C@@H](CCC(N)=O)C(=O)N[C@@H](CC(C)C)C(=O)N[C@@H](Cc1ccccc1)C(=O)N[C@H](C(=O)N[C@@H](CO)C(=O)N[C@@H](CCC(=O)O)C(=O)O)C(C)C. The summed E-state index contributed by atoms with van der Waals surface area (Å²) in [5.74, 6) is -14.1. The number of aromatic hydroxyl groups is 1. The lowest BCUT2D eigenvalue weighted by Gasteiger charge is -2.30. The van der Waals surface area contributed by atoms with E-state index in [1.807, 2.05) is 0 Å². The van der Waals surface area contributed by atoms with Crippen LogP contribution in [0.2, 0.25) is 0 Å². The smallest absolute Gasteiger partial charge is 0.326 e. The van der Waals surface area contributed by atoms with Crippen LogP contribution in [0.1, 0.15) is 96.9 Å². The Morgan fingerprint density at radius 3 is 1.51 bits per heavy atom. The summed E-state index contributed by atoms with van der Waals surface area (Å²) >= 11 is 0.